The number of rotatable bonds is 0. The summed E-state index contributed by atoms with van der Waals surface area (Å²) in [6.45, 7) is 4.90. The number of fused-ring (bicyclic) bond motifs is 1. The molecule has 1 N–H and O–H groups in total. The van der Waals surface area contributed by atoms with Gasteiger partial charge in [-0.05, 0) is 0 Å². The number of nitrogens with one attached hydrogen (secondary N) is 1. The van der Waals surface area contributed by atoms with Gasteiger partial charge >= 0.3 is 0 Å². The Morgan fingerprint density at radius 3 is 3.27 bits per heavy atom. The van der Waals surface area contributed by atoms with Gasteiger partial charge in [0.1, 0.15) is 12.1 Å². The van der Waals surface area contributed by atoms with Crippen molar-refractivity contribution in [2.24, 2.45) is 0 Å². The molecule has 1 aliphatic heterocycles. The van der Waals surface area contributed by atoms with Crippen LogP contribution in [0.5, 0.6) is 0 Å². The van der Waals surface area contributed by atoms with Crippen LogP contribution in [0.4, 0.5) is 5.82 Å². The van der Waals surface area contributed by atoms with Gasteiger partial charge in [0.15, 0.2) is 1.41 Å². The van der Waals surface area contributed by atoms with Crippen LogP contribution >= 0.6 is 0 Å². The van der Waals surface area contributed by atoms with Crippen molar-refractivity contribution in [3.8, 4) is 0 Å². The van der Waals surface area contributed by atoms with Crippen LogP contribution in [-0.2, 0) is 5.41 Å². The third-order valence-corrected chi connectivity index (χ3v) is 2.04. The van der Waals surface area contributed by atoms with Gasteiger partial charge in [0.25, 0.3) is 0 Å². The summed E-state index contributed by atoms with van der Waals surface area (Å²) in [6, 6.07) is 0. The molecule has 1 aromatic rings. The van der Waals surface area contributed by atoms with E-state index in [1.54, 1.807) is 6.20 Å². The predicted molar refractivity (Wildman–Crippen MR) is 43.5 cm³/mol. The summed E-state index contributed by atoms with van der Waals surface area (Å²) in [6.07, 6.45) is 3.29. The highest BCUT2D eigenvalue weighted by Crippen LogP contribution is 2.33. The molecule has 0 fully saturated rings. The fraction of sp³-hybridized carbons (Fsp3) is 0.500. The van der Waals surface area contributed by atoms with Gasteiger partial charge < -0.3 is 5.31 Å². The van der Waals surface area contributed by atoms with Crippen LogP contribution in [0.1, 0.15) is 19.4 Å². The van der Waals surface area contributed by atoms with Gasteiger partial charge in [-0.25, -0.2) is 9.97 Å². The minimum Gasteiger partial charge on any atom is -0.369 e. The summed E-state index contributed by atoms with van der Waals surface area (Å²) >= 11 is 0. The lowest BCUT2D eigenvalue weighted by Gasteiger charge is -2.15. The van der Waals surface area contributed by atoms with E-state index in [1.165, 1.54) is 11.6 Å². The van der Waals surface area contributed by atoms with Crippen molar-refractivity contribution < 1.29 is 1.41 Å². The third kappa shape index (κ3) is 0.878. The molecule has 3 nitrogen and oxygen atoms in total. The quantitative estimate of drug-likeness (QED) is 0.603. The van der Waals surface area contributed by atoms with Gasteiger partial charge in [0.2, 0.25) is 0 Å². The maximum atomic E-state index is 7.61. The van der Waals surface area contributed by atoms with Crippen molar-refractivity contribution in [2.75, 3.05) is 11.9 Å². The first-order valence-corrected chi connectivity index (χ1v) is 3.68. The summed E-state index contributed by atoms with van der Waals surface area (Å²) < 4.78 is 7.61. The van der Waals surface area contributed by atoms with Crippen molar-refractivity contribution >= 4 is 5.82 Å². The van der Waals surface area contributed by atoms with E-state index in [0.717, 1.165) is 11.4 Å². The Balaban J connectivity index is 2.58. The highest BCUT2D eigenvalue weighted by molar-refractivity contribution is 5.52. The predicted octanol–water partition coefficient (Wildman–Crippen LogP) is 1.18. The first-order valence-electron chi connectivity index (χ1n) is 4.13. The largest absolute Gasteiger partial charge is 0.369 e. The van der Waals surface area contributed by atoms with Gasteiger partial charge in [-0.15, -0.1) is 0 Å². The van der Waals surface area contributed by atoms with Gasteiger partial charge in [-0.1, -0.05) is 13.8 Å². The van der Waals surface area contributed by atoms with Crippen LogP contribution in [0.2, 0.25) is 1.41 Å². The lowest BCUT2D eigenvalue weighted by molar-refractivity contribution is 0.584. The summed E-state index contributed by atoms with van der Waals surface area (Å²) in [5, 5.41) is 1.43. The SMILES string of the molecule is [2H]N1CC(C)(C)c2cncnc21. The van der Waals surface area contributed by atoms with E-state index in [4.69, 9.17) is 1.41 Å². The van der Waals surface area contributed by atoms with E-state index in [0.29, 0.717) is 6.54 Å². The number of hydrogen-bond donors (Lipinski definition) is 1. The van der Waals surface area contributed by atoms with E-state index >= 15 is 0 Å². The molecule has 0 amide bonds. The van der Waals surface area contributed by atoms with Crippen molar-refractivity contribution in [1.82, 2.24) is 9.97 Å². The molecule has 0 bridgehead atoms. The first kappa shape index (κ1) is 5.52. The third-order valence-electron chi connectivity index (χ3n) is 2.04. The molecule has 2 rings (SSSR count). The molecule has 0 saturated carbocycles. The molecule has 11 heavy (non-hydrogen) atoms. The Morgan fingerprint density at radius 1 is 1.73 bits per heavy atom. The Labute approximate surface area is 67.3 Å². The zero-order valence-corrected chi connectivity index (χ0v) is 6.70. The molecule has 0 radical (unpaired) electrons. The Bertz CT molecular complexity index is 311. The molecule has 0 unspecified atom stereocenters. The van der Waals surface area contributed by atoms with E-state index in [1.807, 2.05) is 0 Å². The fourth-order valence-corrected chi connectivity index (χ4v) is 1.28. The molecule has 0 atom stereocenters. The smallest absolute Gasteiger partial charge is 0.162 e. The zero-order chi connectivity index (χ0) is 8.77. The second-order valence-corrected chi connectivity index (χ2v) is 3.46. The maximum absolute atomic E-state index is 7.61. The van der Waals surface area contributed by atoms with E-state index in [-0.39, 0.29) is 5.41 Å². The number of anilines is 1. The molecule has 0 aliphatic carbocycles. The topological polar surface area (TPSA) is 37.8 Å². The van der Waals surface area contributed by atoms with Gasteiger partial charge in [0.05, 0.1) is 0 Å². The van der Waals surface area contributed by atoms with Crippen LogP contribution < -0.4 is 5.31 Å². The summed E-state index contributed by atoms with van der Waals surface area (Å²) in [7, 11) is 0. The van der Waals surface area contributed by atoms with Crippen molar-refractivity contribution in [3.63, 3.8) is 0 Å². The molecule has 0 saturated heterocycles. The Kier molecular flexibility index (Phi) is 0.971. The highest BCUT2D eigenvalue weighted by Gasteiger charge is 2.30. The average molecular weight is 150 g/mol. The molecule has 1 aliphatic rings. The standard InChI is InChI=1S/C8H11N3/c1-8(2)4-10-7-6(8)3-9-5-11-7/h3,5H,4H2,1-2H3,(H,9,10,11)/i/hD. The first-order chi connectivity index (χ1) is 5.61. The van der Waals surface area contributed by atoms with Crippen molar-refractivity contribution in [1.29, 1.82) is 0 Å². The van der Waals surface area contributed by atoms with Crippen LogP contribution in [0, 0.1) is 0 Å². The number of hydrogen-bond acceptors (Lipinski definition) is 3. The molecule has 0 spiro atoms. The monoisotopic (exact) mass is 150 g/mol. The second-order valence-electron chi connectivity index (χ2n) is 3.46. The van der Waals surface area contributed by atoms with E-state index < -0.39 is 0 Å². The molecule has 58 valence electrons. The Hall–Kier alpha value is -1.12. The van der Waals surface area contributed by atoms with Gasteiger partial charge in [0, 0.05) is 23.7 Å². The van der Waals surface area contributed by atoms with Crippen molar-refractivity contribution in [3.05, 3.63) is 18.1 Å². The normalized spacial score (nSPS) is 21.3. The second kappa shape index (κ2) is 1.94. The van der Waals surface area contributed by atoms with Gasteiger partial charge in [-0.2, -0.15) is 0 Å². The number of aromatic nitrogens is 2. The highest BCUT2D eigenvalue weighted by atomic mass is 15.0. The van der Waals surface area contributed by atoms with Crippen LogP contribution in [-0.4, -0.2) is 16.5 Å². The van der Waals surface area contributed by atoms with E-state index in [9.17, 15) is 0 Å². The zero-order valence-electron chi connectivity index (χ0n) is 7.70. The summed E-state index contributed by atoms with van der Waals surface area (Å²) in [4.78, 5) is 8.03. The van der Waals surface area contributed by atoms with Gasteiger partial charge in [-0.3, -0.25) is 0 Å². The minimum absolute atomic E-state index is 0.0122. The van der Waals surface area contributed by atoms with Crippen LogP contribution in [0.25, 0.3) is 0 Å². The molecule has 0 aromatic carbocycles. The molecular weight excluding hydrogens is 138 g/mol. The summed E-state index contributed by atoms with van der Waals surface area (Å²) in [5.74, 6) is 0.745. The lowest BCUT2D eigenvalue weighted by Crippen LogP contribution is -2.18. The number of nitrogens with zero attached hydrogens (tertiary/aromatic N) is 2. The molecule has 3 heteroatoms. The van der Waals surface area contributed by atoms with Crippen LogP contribution in [0.15, 0.2) is 12.5 Å². The molecule has 1 aromatic heterocycles. The molecular formula is C8H11N3. The minimum atomic E-state index is 0.0122. The van der Waals surface area contributed by atoms with Crippen molar-refractivity contribution in [2.45, 2.75) is 19.3 Å². The lowest BCUT2D eigenvalue weighted by atomic mass is 9.89. The molecule has 2 heterocycles. The van der Waals surface area contributed by atoms with Crippen LogP contribution in [0.3, 0.4) is 0 Å². The fourth-order valence-electron chi connectivity index (χ4n) is 1.28. The maximum Gasteiger partial charge on any atom is 0.162 e. The van der Waals surface area contributed by atoms with E-state index in [2.05, 4.69) is 23.8 Å². The average Bonchev–Trinajstić information content (AvgIpc) is 2.25. The Morgan fingerprint density at radius 2 is 2.55 bits per heavy atom. The summed E-state index contributed by atoms with van der Waals surface area (Å²) in [5.41, 5.74) is 1.08.